The molecule has 7 nitrogen and oxygen atoms in total. The van der Waals surface area contributed by atoms with Crippen LogP contribution in [0.1, 0.15) is 56.2 Å². The van der Waals surface area contributed by atoms with Gasteiger partial charge in [-0.1, -0.05) is 24.2 Å². The summed E-state index contributed by atoms with van der Waals surface area (Å²) in [7, 11) is 0. The highest BCUT2D eigenvalue weighted by atomic mass is 16.5. The van der Waals surface area contributed by atoms with Crippen LogP contribution in [0.5, 0.6) is 0 Å². The number of piperidine rings is 1. The molecule has 2 aromatic heterocycles. The van der Waals surface area contributed by atoms with Gasteiger partial charge in [0.15, 0.2) is 5.82 Å². The molecule has 1 saturated heterocycles. The molecule has 0 spiro atoms. The van der Waals surface area contributed by atoms with Crippen molar-refractivity contribution in [3.05, 3.63) is 41.8 Å². The Morgan fingerprint density at radius 1 is 1.26 bits per heavy atom. The van der Waals surface area contributed by atoms with Crippen molar-refractivity contribution in [1.29, 1.82) is 0 Å². The zero-order valence-corrected chi connectivity index (χ0v) is 15.9. The number of carbonyl (C=O) groups excluding carboxylic acids is 1. The van der Waals surface area contributed by atoms with Crippen LogP contribution in [0.4, 0.5) is 0 Å². The minimum Gasteiger partial charge on any atom is -0.337 e. The van der Waals surface area contributed by atoms with E-state index in [4.69, 9.17) is 9.51 Å². The maximum absolute atomic E-state index is 13.0. The van der Waals surface area contributed by atoms with Crippen molar-refractivity contribution in [2.24, 2.45) is 0 Å². The summed E-state index contributed by atoms with van der Waals surface area (Å²) in [5, 5.41) is 3.89. The molecule has 1 fully saturated rings. The number of rotatable bonds is 5. The van der Waals surface area contributed by atoms with Crippen molar-refractivity contribution >= 4 is 16.9 Å². The molecule has 1 aliphatic heterocycles. The third kappa shape index (κ3) is 3.46. The van der Waals surface area contributed by atoms with E-state index in [2.05, 4.69) is 27.7 Å². The number of aryl methyl sites for hydroxylation is 3. The maximum atomic E-state index is 13.0. The molecule has 27 heavy (non-hydrogen) atoms. The standard InChI is InChI=1S/C20H25N5O2/c1-3-18-22-15-8-4-5-9-16(15)24(18)13-11-19(26)25-12-7-6-10-17(25)20-21-14(2)23-27-20/h4-5,8-9,17H,3,6-7,10-13H2,1-2H3/t17-/m0/s1. The highest BCUT2D eigenvalue weighted by Gasteiger charge is 2.31. The number of likely N-dealkylation sites (tertiary alicyclic amines) is 1. The first kappa shape index (κ1) is 17.7. The Bertz CT molecular complexity index is 945. The third-order valence-corrected chi connectivity index (χ3v) is 5.25. The van der Waals surface area contributed by atoms with Crippen molar-refractivity contribution in [3.63, 3.8) is 0 Å². The number of aromatic nitrogens is 4. The fourth-order valence-corrected chi connectivity index (χ4v) is 3.93. The van der Waals surface area contributed by atoms with Crippen LogP contribution >= 0.6 is 0 Å². The van der Waals surface area contributed by atoms with Crippen LogP contribution < -0.4 is 0 Å². The van der Waals surface area contributed by atoms with Crippen molar-refractivity contribution in [2.75, 3.05) is 6.54 Å². The molecule has 3 heterocycles. The monoisotopic (exact) mass is 367 g/mol. The second kappa shape index (κ2) is 7.50. The second-order valence-corrected chi connectivity index (χ2v) is 7.05. The van der Waals surface area contributed by atoms with Gasteiger partial charge in [0, 0.05) is 25.9 Å². The lowest BCUT2D eigenvalue weighted by molar-refractivity contribution is -0.136. The molecular formula is C20H25N5O2. The molecule has 1 amide bonds. The van der Waals surface area contributed by atoms with Gasteiger partial charge in [0.05, 0.1) is 11.0 Å². The Balaban J connectivity index is 1.52. The summed E-state index contributed by atoms with van der Waals surface area (Å²) in [6, 6.07) is 8.00. The summed E-state index contributed by atoms with van der Waals surface area (Å²) in [5.74, 6) is 2.32. The Morgan fingerprint density at radius 3 is 2.89 bits per heavy atom. The van der Waals surface area contributed by atoms with E-state index in [1.165, 1.54) is 0 Å². The highest BCUT2D eigenvalue weighted by molar-refractivity contribution is 5.78. The van der Waals surface area contributed by atoms with Crippen molar-refractivity contribution in [3.8, 4) is 0 Å². The lowest BCUT2D eigenvalue weighted by Crippen LogP contribution is -2.39. The van der Waals surface area contributed by atoms with E-state index in [0.29, 0.717) is 24.7 Å². The first-order valence-corrected chi connectivity index (χ1v) is 9.71. The van der Waals surface area contributed by atoms with E-state index >= 15 is 0 Å². The summed E-state index contributed by atoms with van der Waals surface area (Å²) < 4.78 is 7.53. The van der Waals surface area contributed by atoms with Crippen molar-refractivity contribution in [2.45, 2.75) is 58.5 Å². The number of hydrogen-bond donors (Lipinski definition) is 0. The number of para-hydroxylation sites is 2. The highest BCUT2D eigenvalue weighted by Crippen LogP contribution is 2.30. The maximum Gasteiger partial charge on any atom is 0.249 e. The number of imidazole rings is 1. The number of nitrogens with zero attached hydrogens (tertiary/aromatic N) is 5. The Morgan fingerprint density at radius 2 is 2.11 bits per heavy atom. The quantitative estimate of drug-likeness (QED) is 0.690. The molecule has 0 N–H and O–H groups in total. The van der Waals surface area contributed by atoms with E-state index < -0.39 is 0 Å². The molecule has 4 rings (SSSR count). The van der Waals surface area contributed by atoms with Gasteiger partial charge in [-0.2, -0.15) is 4.98 Å². The number of amides is 1. The Kier molecular flexibility index (Phi) is 4.92. The first-order valence-electron chi connectivity index (χ1n) is 9.71. The fraction of sp³-hybridized carbons (Fsp3) is 0.500. The van der Waals surface area contributed by atoms with Crippen LogP contribution in [0.3, 0.4) is 0 Å². The number of hydrogen-bond acceptors (Lipinski definition) is 5. The third-order valence-electron chi connectivity index (χ3n) is 5.25. The molecule has 0 bridgehead atoms. The fourth-order valence-electron chi connectivity index (χ4n) is 3.93. The predicted octanol–water partition coefficient (Wildman–Crippen LogP) is 3.43. The summed E-state index contributed by atoms with van der Waals surface area (Å²) in [6.45, 7) is 5.28. The predicted molar refractivity (Wildman–Crippen MR) is 101 cm³/mol. The number of carbonyl (C=O) groups is 1. The van der Waals surface area contributed by atoms with Crippen LogP contribution in [0.2, 0.25) is 0 Å². The van der Waals surface area contributed by atoms with E-state index in [1.54, 1.807) is 6.92 Å². The van der Waals surface area contributed by atoms with Crippen molar-refractivity contribution in [1.82, 2.24) is 24.6 Å². The Hall–Kier alpha value is -2.70. The van der Waals surface area contributed by atoms with Gasteiger partial charge in [-0.15, -0.1) is 0 Å². The van der Waals surface area contributed by atoms with Crippen LogP contribution in [0, 0.1) is 6.92 Å². The molecule has 0 unspecified atom stereocenters. The van der Waals surface area contributed by atoms with Crippen molar-refractivity contribution < 1.29 is 9.32 Å². The van der Waals surface area contributed by atoms with E-state index in [9.17, 15) is 4.79 Å². The van der Waals surface area contributed by atoms with Gasteiger partial charge in [-0.3, -0.25) is 4.79 Å². The summed E-state index contributed by atoms with van der Waals surface area (Å²) >= 11 is 0. The molecule has 0 radical (unpaired) electrons. The normalized spacial score (nSPS) is 17.6. The van der Waals surface area contributed by atoms with Crippen LogP contribution in [0.15, 0.2) is 28.8 Å². The lowest BCUT2D eigenvalue weighted by Gasteiger charge is -2.33. The average molecular weight is 367 g/mol. The Labute approximate surface area is 158 Å². The topological polar surface area (TPSA) is 77.1 Å². The van der Waals surface area contributed by atoms with Crippen LogP contribution in [0.25, 0.3) is 11.0 Å². The molecule has 1 aromatic carbocycles. The summed E-state index contributed by atoms with van der Waals surface area (Å²) in [4.78, 5) is 24.0. The van der Waals surface area contributed by atoms with Gasteiger partial charge in [0.25, 0.3) is 0 Å². The minimum atomic E-state index is -0.0994. The van der Waals surface area contributed by atoms with Gasteiger partial charge in [0.2, 0.25) is 11.8 Å². The zero-order valence-electron chi connectivity index (χ0n) is 15.9. The van der Waals surface area contributed by atoms with Gasteiger partial charge >= 0.3 is 0 Å². The molecule has 7 heteroatoms. The van der Waals surface area contributed by atoms with E-state index in [0.717, 1.165) is 49.1 Å². The first-order chi connectivity index (χ1) is 13.2. The number of benzene rings is 1. The molecular weight excluding hydrogens is 342 g/mol. The average Bonchev–Trinajstić information content (AvgIpc) is 3.29. The van der Waals surface area contributed by atoms with Crippen LogP contribution in [-0.4, -0.2) is 37.0 Å². The molecule has 0 saturated carbocycles. The van der Waals surface area contributed by atoms with E-state index in [-0.39, 0.29) is 11.9 Å². The van der Waals surface area contributed by atoms with Gasteiger partial charge in [-0.05, 0) is 38.3 Å². The van der Waals surface area contributed by atoms with Crippen LogP contribution in [-0.2, 0) is 17.8 Å². The minimum absolute atomic E-state index is 0.0994. The van der Waals surface area contributed by atoms with Gasteiger partial charge < -0.3 is 14.0 Å². The molecule has 1 aliphatic rings. The summed E-state index contributed by atoms with van der Waals surface area (Å²) in [5.41, 5.74) is 2.07. The number of fused-ring (bicyclic) bond motifs is 1. The van der Waals surface area contributed by atoms with E-state index in [1.807, 2.05) is 23.1 Å². The zero-order chi connectivity index (χ0) is 18.8. The van der Waals surface area contributed by atoms with Gasteiger partial charge in [0.1, 0.15) is 11.9 Å². The molecule has 0 aliphatic carbocycles. The second-order valence-electron chi connectivity index (χ2n) is 7.05. The largest absolute Gasteiger partial charge is 0.337 e. The smallest absolute Gasteiger partial charge is 0.249 e. The lowest BCUT2D eigenvalue weighted by atomic mass is 10.0. The van der Waals surface area contributed by atoms with Gasteiger partial charge in [-0.25, -0.2) is 4.98 Å². The molecule has 3 aromatic rings. The molecule has 142 valence electrons. The molecule has 1 atom stereocenters. The SMILES string of the molecule is CCc1nc2ccccc2n1CCC(=O)N1CCCC[C@H]1c1nc(C)no1. The summed E-state index contributed by atoms with van der Waals surface area (Å²) in [6.07, 6.45) is 4.25.